The monoisotopic (exact) mass is 403 g/mol. The number of aromatic nitrogens is 5. The number of pyridine rings is 1. The molecule has 1 aliphatic rings. The molecule has 0 amide bonds. The molecule has 0 spiro atoms. The van der Waals surface area contributed by atoms with E-state index in [0.717, 1.165) is 16.8 Å². The van der Waals surface area contributed by atoms with Crippen molar-refractivity contribution in [3.8, 4) is 17.1 Å². The summed E-state index contributed by atoms with van der Waals surface area (Å²) < 4.78 is 83.7. The summed E-state index contributed by atoms with van der Waals surface area (Å²) in [7, 11) is 0. The predicted octanol–water partition coefficient (Wildman–Crippen LogP) is 3.92. The highest BCUT2D eigenvalue weighted by atomic mass is 19.4. The smallest absolute Gasteiger partial charge is 0.452 e. The van der Waals surface area contributed by atoms with Crippen LogP contribution in [0.4, 0.5) is 26.3 Å². The number of fused-ring (bicyclic) bond motifs is 1. The average molecular weight is 403 g/mol. The van der Waals surface area contributed by atoms with Crippen LogP contribution in [0.5, 0.6) is 5.88 Å². The largest absolute Gasteiger partial charge is 0.464 e. The van der Waals surface area contributed by atoms with Crippen LogP contribution in [0.1, 0.15) is 18.7 Å². The highest BCUT2D eigenvalue weighted by Crippen LogP contribution is 2.42. The van der Waals surface area contributed by atoms with Gasteiger partial charge in [-0.1, -0.05) is 0 Å². The minimum Gasteiger partial charge on any atom is -0.464 e. The van der Waals surface area contributed by atoms with Gasteiger partial charge in [0.1, 0.15) is 0 Å². The molecule has 3 heterocycles. The van der Waals surface area contributed by atoms with Gasteiger partial charge < -0.3 is 4.74 Å². The highest BCUT2D eigenvalue weighted by molar-refractivity contribution is 5.59. The van der Waals surface area contributed by atoms with Gasteiger partial charge in [0, 0.05) is 29.9 Å². The lowest BCUT2D eigenvalue weighted by Crippen LogP contribution is -2.36. The van der Waals surface area contributed by atoms with E-state index in [0.29, 0.717) is 18.4 Å². The Morgan fingerprint density at radius 2 is 1.75 bits per heavy atom. The predicted molar refractivity (Wildman–Crippen MR) is 82.2 cm³/mol. The van der Waals surface area contributed by atoms with E-state index in [4.69, 9.17) is 4.74 Å². The second kappa shape index (κ2) is 6.31. The van der Waals surface area contributed by atoms with Gasteiger partial charge in [-0.25, -0.2) is 4.98 Å². The van der Waals surface area contributed by atoms with E-state index in [9.17, 15) is 26.3 Å². The van der Waals surface area contributed by atoms with Gasteiger partial charge in [-0.05, 0) is 18.9 Å². The lowest BCUT2D eigenvalue weighted by atomic mass is 10.2. The van der Waals surface area contributed by atoms with E-state index >= 15 is 0 Å². The summed E-state index contributed by atoms with van der Waals surface area (Å²) in [6, 6.07) is 2.59. The number of hydrogen-bond acceptors (Lipinski definition) is 5. The van der Waals surface area contributed by atoms with Crippen LogP contribution < -0.4 is 4.74 Å². The fourth-order valence-electron chi connectivity index (χ4n) is 2.70. The van der Waals surface area contributed by atoms with Crippen LogP contribution in [-0.4, -0.2) is 36.8 Å². The lowest BCUT2D eigenvalue weighted by molar-refractivity contribution is -0.201. The molecule has 1 saturated carbocycles. The van der Waals surface area contributed by atoms with E-state index in [1.165, 1.54) is 18.3 Å². The molecule has 0 aliphatic heterocycles. The molecule has 0 aromatic carbocycles. The third-order valence-electron chi connectivity index (χ3n) is 4.20. The summed E-state index contributed by atoms with van der Waals surface area (Å²) in [5, 5.41) is 6.50. The fourth-order valence-corrected chi connectivity index (χ4v) is 2.70. The Morgan fingerprint density at radius 3 is 2.32 bits per heavy atom. The van der Waals surface area contributed by atoms with Crippen molar-refractivity contribution in [2.24, 2.45) is 5.92 Å². The molecule has 6 nitrogen and oxygen atoms in total. The summed E-state index contributed by atoms with van der Waals surface area (Å²) in [4.78, 5) is 7.82. The third-order valence-corrected chi connectivity index (χ3v) is 4.20. The summed E-state index contributed by atoms with van der Waals surface area (Å²) in [5.41, 5.74) is 0.318. The molecular formula is C16H11F6N5O. The fraction of sp³-hybridized carbons (Fsp3) is 0.375. The standard InChI is InChI=1S/C16H11F6N5O/c17-15(18,19)13(8-1-2-8)28-12-4-3-9(5-24-12)10-7-27-11(6-23-10)25-26-14(27)16(20,21)22/h3-8,13H,1-2H2. The second-order valence-corrected chi connectivity index (χ2v) is 6.32. The molecule has 1 unspecified atom stereocenters. The average Bonchev–Trinajstić information content (AvgIpc) is 3.35. The minimum absolute atomic E-state index is 0.0959. The molecule has 1 atom stereocenters. The Balaban J connectivity index is 1.60. The van der Waals surface area contributed by atoms with Gasteiger partial charge in [0.15, 0.2) is 11.8 Å². The van der Waals surface area contributed by atoms with E-state index in [2.05, 4.69) is 20.2 Å². The lowest BCUT2D eigenvalue weighted by Gasteiger charge is -2.20. The first kappa shape index (κ1) is 18.4. The number of alkyl halides is 6. The van der Waals surface area contributed by atoms with Crippen molar-refractivity contribution >= 4 is 5.65 Å². The zero-order valence-electron chi connectivity index (χ0n) is 13.9. The first-order valence-corrected chi connectivity index (χ1v) is 8.11. The summed E-state index contributed by atoms with van der Waals surface area (Å²) in [6.07, 6.45) is -6.89. The number of ether oxygens (including phenoxy) is 1. The van der Waals surface area contributed by atoms with Gasteiger partial charge in [-0.3, -0.25) is 9.38 Å². The number of rotatable bonds is 4. The molecule has 1 aliphatic carbocycles. The summed E-state index contributed by atoms with van der Waals surface area (Å²) in [5.74, 6) is -2.02. The maximum Gasteiger partial charge on any atom is 0.452 e. The van der Waals surface area contributed by atoms with Crippen LogP contribution >= 0.6 is 0 Å². The number of hydrogen-bond donors (Lipinski definition) is 0. The minimum atomic E-state index is -4.70. The molecule has 28 heavy (non-hydrogen) atoms. The van der Waals surface area contributed by atoms with Crippen LogP contribution in [0.15, 0.2) is 30.7 Å². The quantitative estimate of drug-likeness (QED) is 0.618. The van der Waals surface area contributed by atoms with Crippen LogP contribution in [0.25, 0.3) is 16.9 Å². The van der Waals surface area contributed by atoms with Crippen LogP contribution in [0, 0.1) is 5.92 Å². The van der Waals surface area contributed by atoms with Crippen molar-refractivity contribution in [2.75, 3.05) is 0 Å². The molecule has 12 heteroatoms. The molecule has 0 saturated heterocycles. The molecule has 0 radical (unpaired) electrons. The first-order chi connectivity index (χ1) is 13.1. The summed E-state index contributed by atoms with van der Waals surface area (Å²) >= 11 is 0. The van der Waals surface area contributed by atoms with E-state index < -0.39 is 30.2 Å². The van der Waals surface area contributed by atoms with Gasteiger partial charge in [0.2, 0.25) is 11.7 Å². The van der Waals surface area contributed by atoms with Gasteiger partial charge in [0.05, 0.1) is 11.9 Å². The normalized spacial score (nSPS) is 16.4. The first-order valence-electron chi connectivity index (χ1n) is 8.11. The zero-order valence-corrected chi connectivity index (χ0v) is 13.9. The molecular weight excluding hydrogens is 392 g/mol. The molecule has 3 aromatic heterocycles. The second-order valence-electron chi connectivity index (χ2n) is 6.32. The Kier molecular flexibility index (Phi) is 4.16. The third kappa shape index (κ3) is 3.58. The van der Waals surface area contributed by atoms with Crippen LogP contribution in [0.3, 0.4) is 0 Å². The molecule has 148 valence electrons. The Hall–Kier alpha value is -2.92. The topological polar surface area (TPSA) is 65.2 Å². The Morgan fingerprint density at radius 1 is 1.00 bits per heavy atom. The van der Waals surface area contributed by atoms with Crippen molar-refractivity contribution in [1.82, 2.24) is 24.6 Å². The van der Waals surface area contributed by atoms with Crippen molar-refractivity contribution < 1.29 is 31.1 Å². The molecule has 4 rings (SSSR count). The summed E-state index contributed by atoms with van der Waals surface area (Å²) in [6.45, 7) is 0. The van der Waals surface area contributed by atoms with Gasteiger partial charge in [0.25, 0.3) is 0 Å². The Bertz CT molecular complexity index is 993. The van der Waals surface area contributed by atoms with Crippen molar-refractivity contribution in [2.45, 2.75) is 31.3 Å². The molecule has 0 N–H and O–H groups in total. The van der Waals surface area contributed by atoms with Crippen molar-refractivity contribution in [3.05, 3.63) is 36.5 Å². The van der Waals surface area contributed by atoms with Crippen molar-refractivity contribution in [1.29, 1.82) is 0 Å². The van der Waals surface area contributed by atoms with Crippen LogP contribution in [0.2, 0.25) is 0 Å². The van der Waals surface area contributed by atoms with Gasteiger partial charge >= 0.3 is 12.4 Å². The van der Waals surface area contributed by atoms with Gasteiger partial charge in [-0.15, -0.1) is 10.2 Å². The van der Waals surface area contributed by atoms with E-state index in [1.54, 1.807) is 0 Å². The maximum absolute atomic E-state index is 13.0. The SMILES string of the molecule is FC(F)(F)c1nnc2cnc(-c3ccc(OC(C4CC4)C(F)(F)F)nc3)cn12. The van der Waals surface area contributed by atoms with Crippen molar-refractivity contribution in [3.63, 3.8) is 0 Å². The number of nitrogens with zero attached hydrogens (tertiary/aromatic N) is 5. The molecule has 3 aromatic rings. The Labute approximate surface area is 153 Å². The van der Waals surface area contributed by atoms with E-state index in [-0.39, 0.29) is 17.2 Å². The van der Waals surface area contributed by atoms with E-state index in [1.807, 2.05) is 0 Å². The molecule has 1 fully saturated rings. The van der Waals surface area contributed by atoms with Gasteiger partial charge in [-0.2, -0.15) is 26.3 Å². The number of halogens is 6. The van der Waals surface area contributed by atoms with Crippen LogP contribution in [-0.2, 0) is 6.18 Å². The maximum atomic E-state index is 13.0. The zero-order chi connectivity index (χ0) is 20.1. The molecule has 0 bridgehead atoms. The highest BCUT2D eigenvalue weighted by Gasteiger charge is 2.51.